The smallest absolute Gasteiger partial charge is 0.173 e. The van der Waals surface area contributed by atoms with Crippen molar-refractivity contribution in [2.45, 2.75) is 64.3 Å². The van der Waals surface area contributed by atoms with Crippen molar-refractivity contribution in [3.05, 3.63) is 0 Å². The van der Waals surface area contributed by atoms with E-state index in [9.17, 15) is 15.0 Å². The van der Waals surface area contributed by atoms with E-state index in [4.69, 9.17) is 4.74 Å². The molecule has 4 rings (SSSR count). The largest absolute Gasteiger partial charge is 0.390 e. The zero-order valence-electron chi connectivity index (χ0n) is 13.0. The minimum absolute atomic E-state index is 0.155. The summed E-state index contributed by atoms with van der Waals surface area (Å²) in [5.41, 5.74) is -0.736. The fraction of sp³-hybridized carbons (Fsp3) is 0.941. The number of ether oxygens (including phenoxy) is 1. The molecule has 3 saturated carbocycles. The molecule has 4 aliphatic rings. The van der Waals surface area contributed by atoms with Crippen molar-refractivity contribution >= 4 is 5.78 Å². The molecule has 4 heteroatoms. The summed E-state index contributed by atoms with van der Waals surface area (Å²) in [6.45, 7) is 4.38. The third kappa shape index (κ3) is 1.49. The average Bonchev–Trinajstić information content (AvgIpc) is 2.88. The Labute approximate surface area is 125 Å². The highest BCUT2D eigenvalue weighted by molar-refractivity contribution is 5.87. The number of fused-ring (bicyclic) bond motifs is 5. The van der Waals surface area contributed by atoms with E-state index in [0.717, 1.165) is 25.7 Å². The van der Waals surface area contributed by atoms with Gasteiger partial charge in [-0.1, -0.05) is 13.8 Å². The van der Waals surface area contributed by atoms with Gasteiger partial charge >= 0.3 is 0 Å². The quantitative estimate of drug-likeness (QED) is 0.716. The van der Waals surface area contributed by atoms with Crippen LogP contribution in [0.1, 0.15) is 52.4 Å². The molecule has 0 aromatic carbocycles. The van der Waals surface area contributed by atoms with Crippen LogP contribution in [0.25, 0.3) is 0 Å². The Hall–Kier alpha value is -0.450. The van der Waals surface area contributed by atoms with Crippen LogP contribution in [0.4, 0.5) is 0 Å². The van der Waals surface area contributed by atoms with Gasteiger partial charge in [-0.3, -0.25) is 4.79 Å². The monoisotopic (exact) mass is 294 g/mol. The summed E-state index contributed by atoms with van der Waals surface area (Å²) in [5, 5.41) is 21.4. The van der Waals surface area contributed by atoms with Crippen molar-refractivity contribution in [2.75, 3.05) is 6.61 Å². The molecule has 3 aliphatic carbocycles. The summed E-state index contributed by atoms with van der Waals surface area (Å²) in [4.78, 5) is 12.3. The lowest BCUT2D eigenvalue weighted by Gasteiger charge is -2.58. The molecule has 7 atom stereocenters. The highest BCUT2D eigenvalue weighted by atomic mass is 16.6. The molecule has 1 aliphatic heterocycles. The van der Waals surface area contributed by atoms with Crippen LogP contribution in [0, 0.1) is 28.6 Å². The van der Waals surface area contributed by atoms with Gasteiger partial charge in [0.15, 0.2) is 5.79 Å². The number of rotatable bonds is 0. The molecular weight excluding hydrogens is 268 g/mol. The van der Waals surface area contributed by atoms with Crippen molar-refractivity contribution in [1.29, 1.82) is 0 Å². The lowest BCUT2D eigenvalue weighted by atomic mass is 9.48. The molecule has 4 fully saturated rings. The van der Waals surface area contributed by atoms with Gasteiger partial charge in [0.1, 0.15) is 5.78 Å². The highest BCUT2D eigenvalue weighted by Crippen LogP contribution is 2.66. The molecule has 0 radical (unpaired) electrons. The van der Waals surface area contributed by atoms with Gasteiger partial charge in [-0.2, -0.15) is 0 Å². The van der Waals surface area contributed by atoms with E-state index in [0.29, 0.717) is 30.5 Å². The first-order chi connectivity index (χ1) is 9.83. The summed E-state index contributed by atoms with van der Waals surface area (Å²) >= 11 is 0. The molecule has 118 valence electrons. The first-order valence-corrected chi connectivity index (χ1v) is 8.41. The maximum atomic E-state index is 12.3. The van der Waals surface area contributed by atoms with Gasteiger partial charge in [0, 0.05) is 18.3 Å². The van der Waals surface area contributed by atoms with Crippen LogP contribution in [-0.2, 0) is 9.53 Å². The number of carbonyl (C=O) groups is 1. The molecule has 0 bridgehead atoms. The van der Waals surface area contributed by atoms with Crippen LogP contribution in [-0.4, -0.2) is 34.5 Å². The van der Waals surface area contributed by atoms with E-state index in [1.807, 2.05) is 6.92 Å². The Morgan fingerprint density at radius 3 is 2.67 bits per heavy atom. The molecule has 0 aromatic heterocycles. The van der Waals surface area contributed by atoms with Crippen LogP contribution in [0.3, 0.4) is 0 Å². The minimum Gasteiger partial charge on any atom is -0.390 e. The molecule has 0 amide bonds. The molecule has 1 heterocycles. The van der Waals surface area contributed by atoms with E-state index < -0.39 is 17.3 Å². The van der Waals surface area contributed by atoms with E-state index in [1.54, 1.807) is 0 Å². The maximum Gasteiger partial charge on any atom is 0.173 e. The van der Waals surface area contributed by atoms with Crippen molar-refractivity contribution < 1.29 is 19.7 Å². The molecular formula is C17H26O4. The van der Waals surface area contributed by atoms with Gasteiger partial charge in [-0.05, 0) is 43.4 Å². The summed E-state index contributed by atoms with van der Waals surface area (Å²) in [7, 11) is 0. The van der Waals surface area contributed by atoms with E-state index >= 15 is 0 Å². The number of carbonyl (C=O) groups excluding carboxylic acids is 1. The van der Waals surface area contributed by atoms with Gasteiger partial charge in [-0.15, -0.1) is 0 Å². The number of aliphatic hydroxyl groups is 2. The van der Waals surface area contributed by atoms with Crippen molar-refractivity contribution in [2.24, 2.45) is 28.6 Å². The maximum absolute atomic E-state index is 12.3. The van der Waals surface area contributed by atoms with Crippen LogP contribution >= 0.6 is 0 Å². The molecule has 0 spiro atoms. The van der Waals surface area contributed by atoms with Gasteiger partial charge in [0.2, 0.25) is 0 Å². The third-order valence-corrected chi connectivity index (χ3v) is 7.75. The highest BCUT2D eigenvalue weighted by Gasteiger charge is 2.68. The number of ketones is 1. The zero-order valence-corrected chi connectivity index (χ0v) is 13.0. The Morgan fingerprint density at radius 1 is 1.14 bits per heavy atom. The number of aliphatic hydroxyl groups excluding tert-OH is 1. The summed E-state index contributed by atoms with van der Waals surface area (Å²) in [5.74, 6) is 0.386. The van der Waals surface area contributed by atoms with E-state index in [1.165, 1.54) is 0 Å². The number of hydrogen-bond donors (Lipinski definition) is 2. The second-order valence-corrected chi connectivity index (χ2v) is 8.23. The van der Waals surface area contributed by atoms with Crippen LogP contribution in [0.15, 0.2) is 0 Å². The third-order valence-electron chi connectivity index (χ3n) is 7.75. The van der Waals surface area contributed by atoms with Gasteiger partial charge in [0.05, 0.1) is 18.1 Å². The van der Waals surface area contributed by atoms with E-state index in [2.05, 4.69) is 6.92 Å². The van der Waals surface area contributed by atoms with Crippen molar-refractivity contribution in [1.82, 2.24) is 0 Å². The van der Waals surface area contributed by atoms with Crippen LogP contribution in [0.2, 0.25) is 0 Å². The minimum atomic E-state index is -1.18. The van der Waals surface area contributed by atoms with Gasteiger partial charge in [0.25, 0.3) is 0 Å². The SMILES string of the molecule is C[C@]12CC[C@H]3[C@@H](CCC4(O)OCC(O)[C@]34C)[C@@H]1CCC2=O. The Balaban J connectivity index is 1.73. The summed E-state index contributed by atoms with van der Waals surface area (Å²) in [6.07, 6.45) is 4.42. The molecule has 2 N–H and O–H groups in total. The number of Topliss-reactive ketones (excluding diaryl/α,β-unsaturated/α-hetero) is 1. The Kier molecular flexibility index (Phi) is 2.76. The molecule has 0 aromatic rings. The van der Waals surface area contributed by atoms with Gasteiger partial charge < -0.3 is 14.9 Å². The predicted octanol–water partition coefficient (Wildman–Crippen LogP) is 1.88. The standard InChI is InChI=1S/C17H26O4/c1-15-7-6-12-10(11(15)3-4-13(15)18)5-8-17(20)16(12,2)14(19)9-21-17/h10-12,14,19-20H,3-9H2,1-2H3/t10-,11-,12-,14?,15-,16-,17?/m0/s1. The first kappa shape index (κ1) is 14.2. The average molecular weight is 294 g/mol. The van der Waals surface area contributed by atoms with Crippen LogP contribution < -0.4 is 0 Å². The Bertz CT molecular complexity index is 491. The zero-order chi connectivity index (χ0) is 15.0. The van der Waals surface area contributed by atoms with Crippen molar-refractivity contribution in [3.8, 4) is 0 Å². The van der Waals surface area contributed by atoms with Gasteiger partial charge in [-0.25, -0.2) is 0 Å². The van der Waals surface area contributed by atoms with Crippen molar-refractivity contribution in [3.63, 3.8) is 0 Å². The molecule has 1 saturated heterocycles. The summed E-state index contributed by atoms with van der Waals surface area (Å²) in [6, 6.07) is 0. The molecule has 21 heavy (non-hydrogen) atoms. The first-order valence-electron chi connectivity index (χ1n) is 8.41. The fourth-order valence-electron chi connectivity index (χ4n) is 6.25. The lowest BCUT2D eigenvalue weighted by molar-refractivity contribution is -0.279. The fourth-order valence-corrected chi connectivity index (χ4v) is 6.25. The normalized spacial score (nSPS) is 59.5. The molecule has 2 unspecified atom stereocenters. The second kappa shape index (κ2) is 4.09. The van der Waals surface area contributed by atoms with Crippen LogP contribution in [0.5, 0.6) is 0 Å². The number of hydrogen-bond acceptors (Lipinski definition) is 4. The second-order valence-electron chi connectivity index (χ2n) is 8.23. The summed E-state index contributed by atoms with van der Waals surface area (Å²) < 4.78 is 5.60. The predicted molar refractivity (Wildman–Crippen MR) is 76.3 cm³/mol. The Morgan fingerprint density at radius 2 is 1.90 bits per heavy atom. The lowest BCUT2D eigenvalue weighted by Crippen LogP contribution is -2.61. The topological polar surface area (TPSA) is 66.8 Å². The molecule has 4 nitrogen and oxygen atoms in total. The van der Waals surface area contributed by atoms with E-state index in [-0.39, 0.29) is 17.9 Å².